The highest BCUT2D eigenvalue weighted by atomic mass is 16.5. The van der Waals surface area contributed by atoms with E-state index in [1.807, 2.05) is 13.8 Å². The maximum absolute atomic E-state index is 11.4. The van der Waals surface area contributed by atoms with E-state index in [2.05, 4.69) is 20.8 Å². The lowest BCUT2D eigenvalue weighted by molar-refractivity contribution is -0.137. The highest BCUT2D eigenvalue weighted by molar-refractivity contribution is 5.82. The van der Waals surface area contributed by atoms with Crippen LogP contribution in [0.25, 0.3) is 0 Å². The molecule has 0 bridgehead atoms. The fourth-order valence-corrected chi connectivity index (χ4v) is 3.01. The lowest BCUT2D eigenvalue weighted by Crippen LogP contribution is -2.20. The summed E-state index contributed by atoms with van der Waals surface area (Å²) in [5.74, 6) is -0.214. The Morgan fingerprint density at radius 3 is 2.68 bits per heavy atom. The van der Waals surface area contributed by atoms with E-state index in [-0.39, 0.29) is 5.97 Å². The monoisotopic (exact) mass is 264 g/mol. The molecule has 0 radical (unpaired) electrons. The molecule has 0 aliphatic heterocycles. The molecular weight excluding hydrogens is 236 g/mol. The SMILES string of the molecule is CCOC(=O)/C=C(/C)CCC1=C(C)CCCC1(C)C. The Kier molecular flexibility index (Phi) is 5.84. The summed E-state index contributed by atoms with van der Waals surface area (Å²) in [7, 11) is 0. The fraction of sp³-hybridized carbons (Fsp3) is 0.706. The largest absolute Gasteiger partial charge is 0.463 e. The number of hydrogen-bond acceptors (Lipinski definition) is 2. The van der Waals surface area contributed by atoms with Gasteiger partial charge in [0.2, 0.25) is 0 Å². The smallest absolute Gasteiger partial charge is 0.330 e. The lowest BCUT2D eigenvalue weighted by Gasteiger charge is -2.34. The topological polar surface area (TPSA) is 26.3 Å². The van der Waals surface area contributed by atoms with Crippen molar-refractivity contribution in [1.29, 1.82) is 0 Å². The van der Waals surface area contributed by atoms with Crippen LogP contribution in [0.15, 0.2) is 22.8 Å². The summed E-state index contributed by atoms with van der Waals surface area (Å²) in [5.41, 5.74) is 4.59. The van der Waals surface area contributed by atoms with Gasteiger partial charge in [-0.3, -0.25) is 0 Å². The van der Waals surface area contributed by atoms with Crippen molar-refractivity contribution in [3.8, 4) is 0 Å². The molecule has 0 aromatic carbocycles. The zero-order valence-electron chi connectivity index (χ0n) is 13.1. The Labute approximate surface area is 117 Å². The van der Waals surface area contributed by atoms with Gasteiger partial charge in [-0.2, -0.15) is 0 Å². The van der Waals surface area contributed by atoms with Crippen LogP contribution in [0.3, 0.4) is 0 Å². The molecule has 1 aliphatic carbocycles. The van der Waals surface area contributed by atoms with Gasteiger partial charge in [0.25, 0.3) is 0 Å². The Bertz CT molecular complexity index is 386. The molecule has 0 amide bonds. The average Bonchev–Trinajstić information content (AvgIpc) is 2.27. The zero-order chi connectivity index (χ0) is 14.5. The van der Waals surface area contributed by atoms with Crippen LogP contribution in [0.5, 0.6) is 0 Å². The predicted octanol–water partition coefficient (Wildman–Crippen LogP) is 4.80. The van der Waals surface area contributed by atoms with Gasteiger partial charge in [0, 0.05) is 6.08 Å². The second-order valence-corrected chi connectivity index (χ2v) is 6.24. The van der Waals surface area contributed by atoms with Gasteiger partial charge in [-0.05, 0) is 58.3 Å². The molecule has 2 nitrogen and oxygen atoms in total. The quantitative estimate of drug-likeness (QED) is 0.405. The Morgan fingerprint density at radius 1 is 1.42 bits per heavy atom. The first-order valence-corrected chi connectivity index (χ1v) is 7.40. The summed E-state index contributed by atoms with van der Waals surface area (Å²) in [5, 5.41) is 0. The summed E-state index contributed by atoms with van der Waals surface area (Å²) in [6.45, 7) is 11.2. The molecule has 0 saturated carbocycles. The van der Waals surface area contributed by atoms with Crippen LogP contribution in [-0.4, -0.2) is 12.6 Å². The number of esters is 1. The molecule has 108 valence electrons. The van der Waals surface area contributed by atoms with Gasteiger partial charge < -0.3 is 4.74 Å². The molecule has 2 heteroatoms. The van der Waals surface area contributed by atoms with Crippen LogP contribution in [0, 0.1) is 5.41 Å². The normalized spacial score (nSPS) is 19.5. The lowest BCUT2D eigenvalue weighted by atomic mass is 9.71. The summed E-state index contributed by atoms with van der Waals surface area (Å²) >= 11 is 0. The minimum atomic E-state index is -0.214. The van der Waals surface area contributed by atoms with E-state index in [4.69, 9.17) is 4.74 Å². The predicted molar refractivity (Wildman–Crippen MR) is 80.0 cm³/mol. The highest BCUT2D eigenvalue weighted by Crippen LogP contribution is 2.42. The van der Waals surface area contributed by atoms with E-state index in [0.29, 0.717) is 12.0 Å². The minimum absolute atomic E-state index is 0.214. The van der Waals surface area contributed by atoms with Gasteiger partial charge in [0.05, 0.1) is 6.61 Å². The Morgan fingerprint density at radius 2 is 2.11 bits per heavy atom. The van der Waals surface area contributed by atoms with E-state index >= 15 is 0 Å². The molecule has 0 N–H and O–H groups in total. The summed E-state index contributed by atoms with van der Waals surface area (Å²) in [4.78, 5) is 11.4. The number of rotatable bonds is 5. The van der Waals surface area contributed by atoms with Gasteiger partial charge in [0.15, 0.2) is 0 Å². The molecule has 1 rings (SSSR count). The number of allylic oxidation sites excluding steroid dienone is 3. The van der Waals surface area contributed by atoms with E-state index in [9.17, 15) is 4.79 Å². The van der Waals surface area contributed by atoms with Gasteiger partial charge >= 0.3 is 5.97 Å². The molecule has 19 heavy (non-hydrogen) atoms. The highest BCUT2D eigenvalue weighted by Gasteiger charge is 2.27. The van der Waals surface area contributed by atoms with Gasteiger partial charge in [-0.15, -0.1) is 0 Å². The van der Waals surface area contributed by atoms with Crippen molar-refractivity contribution < 1.29 is 9.53 Å². The molecule has 0 heterocycles. The Balaban J connectivity index is 2.63. The summed E-state index contributed by atoms with van der Waals surface area (Å²) in [6.07, 6.45) is 7.48. The summed E-state index contributed by atoms with van der Waals surface area (Å²) in [6, 6.07) is 0. The number of ether oxygens (including phenoxy) is 1. The van der Waals surface area contributed by atoms with E-state index in [1.54, 1.807) is 17.2 Å². The van der Waals surface area contributed by atoms with Crippen molar-refractivity contribution in [3.05, 3.63) is 22.8 Å². The molecule has 0 aromatic rings. The van der Waals surface area contributed by atoms with Crippen molar-refractivity contribution in [1.82, 2.24) is 0 Å². The molecule has 0 atom stereocenters. The van der Waals surface area contributed by atoms with E-state index in [1.165, 1.54) is 19.3 Å². The zero-order valence-corrected chi connectivity index (χ0v) is 13.1. The third-order valence-electron chi connectivity index (χ3n) is 4.11. The van der Waals surface area contributed by atoms with Gasteiger partial charge in [-0.1, -0.05) is 30.6 Å². The molecule has 0 spiro atoms. The van der Waals surface area contributed by atoms with E-state index < -0.39 is 0 Å². The van der Waals surface area contributed by atoms with E-state index in [0.717, 1.165) is 18.4 Å². The van der Waals surface area contributed by atoms with Crippen molar-refractivity contribution in [3.63, 3.8) is 0 Å². The maximum atomic E-state index is 11.4. The standard InChI is InChI=1S/C17H28O2/c1-6-19-16(18)12-13(2)9-10-15-14(3)8-7-11-17(15,4)5/h12H,6-11H2,1-5H3/b13-12-. The Hall–Kier alpha value is -1.05. The first-order chi connectivity index (χ1) is 8.86. The van der Waals surface area contributed by atoms with Crippen LogP contribution >= 0.6 is 0 Å². The molecule has 1 aliphatic rings. The second-order valence-electron chi connectivity index (χ2n) is 6.24. The van der Waals surface area contributed by atoms with Crippen molar-refractivity contribution >= 4 is 5.97 Å². The van der Waals surface area contributed by atoms with Gasteiger partial charge in [0.1, 0.15) is 0 Å². The fourth-order valence-electron chi connectivity index (χ4n) is 3.01. The first-order valence-electron chi connectivity index (χ1n) is 7.40. The first kappa shape index (κ1) is 16.0. The summed E-state index contributed by atoms with van der Waals surface area (Å²) < 4.78 is 4.94. The van der Waals surface area contributed by atoms with Gasteiger partial charge in [-0.25, -0.2) is 4.79 Å². The molecule has 0 aromatic heterocycles. The van der Waals surface area contributed by atoms with Crippen molar-refractivity contribution in [2.45, 2.75) is 66.7 Å². The molecule has 0 unspecified atom stereocenters. The molecule has 0 saturated heterocycles. The minimum Gasteiger partial charge on any atom is -0.463 e. The average molecular weight is 264 g/mol. The van der Waals surface area contributed by atoms with Crippen LogP contribution < -0.4 is 0 Å². The van der Waals surface area contributed by atoms with Crippen LogP contribution in [0.1, 0.15) is 66.7 Å². The van der Waals surface area contributed by atoms with Crippen molar-refractivity contribution in [2.75, 3.05) is 6.61 Å². The van der Waals surface area contributed by atoms with Crippen LogP contribution in [0.4, 0.5) is 0 Å². The number of hydrogen-bond donors (Lipinski definition) is 0. The number of carbonyl (C=O) groups is 1. The third-order valence-corrected chi connectivity index (χ3v) is 4.11. The second kappa shape index (κ2) is 6.93. The van der Waals surface area contributed by atoms with Crippen LogP contribution in [-0.2, 0) is 9.53 Å². The maximum Gasteiger partial charge on any atom is 0.330 e. The molecular formula is C17H28O2. The van der Waals surface area contributed by atoms with Crippen LogP contribution in [0.2, 0.25) is 0 Å². The third kappa shape index (κ3) is 4.85. The van der Waals surface area contributed by atoms with Crippen molar-refractivity contribution in [2.24, 2.45) is 5.41 Å². The molecule has 0 fully saturated rings. The number of carbonyl (C=O) groups excluding carboxylic acids is 1.